The predicted octanol–water partition coefficient (Wildman–Crippen LogP) is 2.79. The van der Waals surface area contributed by atoms with Crippen LogP contribution in [0.1, 0.15) is 13.8 Å². The Labute approximate surface area is 172 Å². The van der Waals surface area contributed by atoms with E-state index in [4.69, 9.17) is 4.74 Å². The third-order valence-electron chi connectivity index (χ3n) is 4.74. The van der Waals surface area contributed by atoms with Crippen molar-refractivity contribution in [1.29, 1.82) is 0 Å². The van der Waals surface area contributed by atoms with E-state index in [1.807, 2.05) is 0 Å². The molecule has 0 atom stereocenters. The number of nitrogens with zero attached hydrogens (tertiary/aromatic N) is 2. The van der Waals surface area contributed by atoms with Crippen molar-refractivity contribution in [3.63, 3.8) is 0 Å². The lowest BCUT2D eigenvalue weighted by Crippen LogP contribution is -2.56. The van der Waals surface area contributed by atoms with E-state index >= 15 is 0 Å². The number of halogens is 3. The molecule has 162 valence electrons. The summed E-state index contributed by atoms with van der Waals surface area (Å²) in [5.74, 6) is -2.39. The molecule has 0 aromatic heterocycles. The van der Waals surface area contributed by atoms with Crippen LogP contribution < -0.4 is 4.74 Å². The van der Waals surface area contributed by atoms with E-state index in [2.05, 4.69) is 0 Å². The molecule has 10 heteroatoms. The molecule has 3 rings (SSSR count). The van der Waals surface area contributed by atoms with Gasteiger partial charge in [0, 0.05) is 26.2 Å². The lowest BCUT2D eigenvalue weighted by atomic mass is 10.1. The van der Waals surface area contributed by atoms with Crippen molar-refractivity contribution in [2.24, 2.45) is 0 Å². The molecule has 0 aliphatic carbocycles. The number of rotatable bonds is 5. The Hall–Kier alpha value is -2.59. The summed E-state index contributed by atoms with van der Waals surface area (Å²) < 4.78 is 72.4. The van der Waals surface area contributed by atoms with Crippen LogP contribution in [-0.2, 0) is 14.8 Å². The number of piperazine rings is 1. The van der Waals surface area contributed by atoms with Gasteiger partial charge in [-0.15, -0.1) is 0 Å². The molecule has 1 heterocycles. The van der Waals surface area contributed by atoms with Crippen LogP contribution in [0.15, 0.2) is 47.4 Å². The van der Waals surface area contributed by atoms with Crippen molar-refractivity contribution in [3.05, 3.63) is 59.9 Å². The van der Waals surface area contributed by atoms with Gasteiger partial charge in [0.15, 0.2) is 5.60 Å². The number of carbonyl (C=O) groups is 1. The molecule has 1 aliphatic rings. The van der Waals surface area contributed by atoms with Gasteiger partial charge in [-0.05, 0) is 56.3 Å². The molecule has 0 bridgehead atoms. The number of carbonyl (C=O) groups excluding carboxylic acids is 1. The summed E-state index contributed by atoms with van der Waals surface area (Å²) >= 11 is 0. The fourth-order valence-electron chi connectivity index (χ4n) is 3.17. The summed E-state index contributed by atoms with van der Waals surface area (Å²) in [5.41, 5.74) is -1.27. The molecule has 1 fully saturated rings. The number of amides is 1. The summed E-state index contributed by atoms with van der Waals surface area (Å²) in [4.78, 5) is 13.6. The monoisotopic (exact) mass is 442 g/mol. The van der Waals surface area contributed by atoms with Crippen LogP contribution in [0.3, 0.4) is 0 Å². The summed E-state index contributed by atoms with van der Waals surface area (Å²) in [5, 5.41) is 0. The maximum atomic E-state index is 13.9. The first-order valence-electron chi connectivity index (χ1n) is 9.20. The molecular formula is C20H21F3N2O4S. The highest BCUT2D eigenvalue weighted by Gasteiger charge is 2.38. The molecule has 0 unspecified atom stereocenters. The first-order chi connectivity index (χ1) is 14.0. The highest BCUT2D eigenvalue weighted by molar-refractivity contribution is 7.89. The minimum Gasteiger partial charge on any atom is -0.478 e. The Kier molecular flexibility index (Phi) is 6.09. The minimum absolute atomic E-state index is 0.0607. The van der Waals surface area contributed by atoms with Crippen LogP contribution in [0, 0.1) is 17.5 Å². The van der Waals surface area contributed by atoms with Crippen LogP contribution in [0.2, 0.25) is 0 Å². The molecule has 0 N–H and O–H groups in total. The molecular weight excluding hydrogens is 421 g/mol. The zero-order valence-corrected chi connectivity index (χ0v) is 17.3. The molecule has 2 aromatic carbocycles. The van der Waals surface area contributed by atoms with E-state index in [0.717, 1.165) is 16.4 Å². The van der Waals surface area contributed by atoms with Crippen molar-refractivity contribution < 1.29 is 31.1 Å². The largest absolute Gasteiger partial charge is 0.478 e. The highest BCUT2D eigenvalue weighted by atomic mass is 32.2. The highest BCUT2D eigenvalue weighted by Crippen LogP contribution is 2.24. The van der Waals surface area contributed by atoms with Crippen molar-refractivity contribution in [3.8, 4) is 5.75 Å². The van der Waals surface area contributed by atoms with Crippen LogP contribution in [-0.4, -0.2) is 55.3 Å². The fraction of sp³-hybridized carbons (Fsp3) is 0.350. The molecule has 1 aliphatic heterocycles. The topological polar surface area (TPSA) is 66.9 Å². The smallest absolute Gasteiger partial charge is 0.266 e. The molecule has 0 spiro atoms. The lowest BCUT2D eigenvalue weighted by Gasteiger charge is -2.38. The molecule has 0 radical (unpaired) electrons. The summed E-state index contributed by atoms with van der Waals surface area (Å²) in [6, 6.07) is 7.48. The number of hydrogen-bond acceptors (Lipinski definition) is 4. The minimum atomic E-state index is -4.24. The van der Waals surface area contributed by atoms with E-state index in [-0.39, 0.29) is 32.1 Å². The average molecular weight is 442 g/mol. The average Bonchev–Trinajstić information content (AvgIpc) is 2.71. The summed E-state index contributed by atoms with van der Waals surface area (Å²) in [7, 11) is -4.24. The van der Waals surface area contributed by atoms with E-state index < -0.39 is 38.0 Å². The quantitative estimate of drug-likeness (QED) is 0.714. The normalized spacial score (nSPS) is 15.8. The second-order valence-electron chi connectivity index (χ2n) is 7.34. The maximum absolute atomic E-state index is 13.9. The van der Waals surface area contributed by atoms with Gasteiger partial charge >= 0.3 is 0 Å². The van der Waals surface area contributed by atoms with Gasteiger partial charge in [0.2, 0.25) is 10.0 Å². The number of sulfonamides is 1. The zero-order valence-electron chi connectivity index (χ0n) is 16.4. The lowest BCUT2D eigenvalue weighted by molar-refractivity contribution is -0.146. The number of ether oxygens (including phenoxy) is 1. The molecule has 1 amide bonds. The van der Waals surface area contributed by atoms with Crippen LogP contribution in [0.4, 0.5) is 13.2 Å². The van der Waals surface area contributed by atoms with Crippen molar-refractivity contribution in [1.82, 2.24) is 9.21 Å². The SMILES string of the molecule is CC(C)(Oc1ccc(F)cc1)C(=O)N1CCN(S(=O)(=O)c2cc(F)ccc2F)CC1. The van der Waals surface area contributed by atoms with Gasteiger partial charge in [-0.25, -0.2) is 21.6 Å². The fourth-order valence-corrected chi connectivity index (χ4v) is 4.67. The summed E-state index contributed by atoms with van der Waals surface area (Å²) in [6.45, 7) is 3.09. The van der Waals surface area contributed by atoms with Crippen molar-refractivity contribution >= 4 is 15.9 Å². The van der Waals surface area contributed by atoms with Crippen LogP contribution in [0.25, 0.3) is 0 Å². The van der Waals surface area contributed by atoms with E-state index in [1.54, 1.807) is 13.8 Å². The van der Waals surface area contributed by atoms with E-state index in [9.17, 15) is 26.4 Å². The predicted molar refractivity (Wildman–Crippen MR) is 103 cm³/mol. The summed E-state index contributed by atoms with van der Waals surface area (Å²) in [6.07, 6.45) is 0. The van der Waals surface area contributed by atoms with Gasteiger partial charge in [0.1, 0.15) is 28.1 Å². The number of benzene rings is 2. The Morgan fingerprint density at radius 1 is 0.933 bits per heavy atom. The third-order valence-corrected chi connectivity index (χ3v) is 6.65. The Balaban J connectivity index is 1.67. The van der Waals surface area contributed by atoms with Crippen LogP contribution in [0.5, 0.6) is 5.75 Å². The van der Waals surface area contributed by atoms with E-state index in [0.29, 0.717) is 11.8 Å². The first-order valence-corrected chi connectivity index (χ1v) is 10.6. The van der Waals surface area contributed by atoms with E-state index in [1.165, 1.54) is 29.2 Å². The van der Waals surface area contributed by atoms with Gasteiger partial charge < -0.3 is 9.64 Å². The molecule has 6 nitrogen and oxygen atoms in total. The molecule has 2 aromatic rings. The second kappa shape index (κ2) is 8.27. The van der Waals surface area contributed by atoms with Gasteiger partial charge in [-0.2, -0.15) is 4.31 Å². The second-order valence-corrected chi connectivity index (χ2v) is 9.24. The molecule has 0 saturated carbocycles. The zero-order chi connectivity index (χ0) is 22.1. The maximum Gasteiger partial charge on any atom is 0.266 e. The van der Waals surface area contributed by atoms with Gasteiger partial charge in [-0.1, -0.05) is 0 Å². The Bertz CT molecular complexity index is 1030. The van der Waals surface area contributed by atoms with Crippen molar-refractivity contribution in [2.45, 2.75) is 24.3 Å². The van der Waals surface area contributed by atoms with Crippen LogP contribution >= 0.6 is 0 Å². The third kappa shape index (κ3) is 4.59. The van der Waals surface area contributed by atoms with Gasteiger partial charge in [-0.3, -0.25) is 4.79 Å². The first kappa shape index (κ1) is 22.1. The number of hydrogen-bond donors (Lipinski definition) is 0. The molecule has 30 heavy (non-hydrogen) atoms. The molecule has 1 saturated heterocycles. The van der Waals surface area contributed by atoms with Gasteiger partial charge in [0.25, 0.3) is 5.91 Å². The Morgan fingerprint density at radius 2 is 1.50 bits per heavy atom. The Morgan fingerprint density at radius 3 is 2.10 bits per heavy atom. The van der Waals surface area contributed by atoms with Gasteiger partial charge in [0.05, 0.1) is 0 Å². The van der Waals surface area contributed by atoms with Crippen molar-refractivity contribution in [2.75, 3.05) is 26.2 Å². The standard InChI is InChI=1S/C20H21F3N2O4S/c1-20(2,29-16-6-3-14(21)4-7-16)19(26)24-9-11-25(12-10-24)30(27,28)18-13-15(22)5-8-17(18)23/h3-8,13H,9-12H2,1-2H3.